The molecule has 1 aliphatic heterocycles. The van der Waals surface area contributed by atoms with Gasteiger partial charge < -0.3 is 13.8 Å². The van der Waals surface area contributed by atoms with Crippen LogP contribution >= 0.6 is 19.2 Å². The lowest BCUT2D eigenvalue weighted by Gasteiger charge is -2.13. The molecule has 0 radical (unpaired) electrons. The molecular weight excluding hydrogens is 202 g/mol. The van der Waals surface area contributed by atoms with Crippen molar-refractivity contribution >= 4 is 19.2 Å². The summed E-state index contributed by atoms with van der Waals surface area (Å²) in [5.41, 5.74) is 0. The van der Waals surface area contributed by atoms with Gasteiger partial charge in [-0.25, -0.2) is 0 Å². The minimum atomic E-state index is -2.98. The lowest BCUT2D eigenvalue weighted by molar-refractivity contribution is 0.166. The smallest absolute Gasteiger partial charge is 0.356 e. The molecular formula is C6H12ClO4P. The first-order valence-corrected chi connectivity index (χ1v) is 6.05. The van der Waals surface area contributed by atoms with E-state index in [9.17, 15) is 4.57 Å². The van der Waals surface area contributed by atoms with Crippen LogP contribution in [-0.2, 0) is 18.3 Å². The van der Waals surface area contributed by atoms with Gasteiger partial charge in [0.1, 0.15) is 6.35 Å². The maximum atomic E-state index is 11.6. The van der Waals surface area contributed by atoms with Crippen LogP contribution in [0, 0.1) is 0 Å². The predicted molar refractivity (Wildman–Crippen MR) is 45.7 cm³/mol. The lowest BCUT2D eigenvalue weighted by Crippen LogP contribution is -2.01. The molecule has 0 aliphatic carbocycles. The summed E-state index contributed by atoms with van der Waals surface area (Å²) < 4.78 is 26.7. The molecule has 72 valence electrons. The van der Waals surface area contributed by atoms with E-state index in [0.29, 0.717) is 19.1 Å². The van der Waals surface area contributed by atoms with Crippen LogP contribution in [0.4, 0.5) is 0 Å². The van der Waals surface area contributed by atoms with E-state index in [1.165, 1.54) is 0 Å². The van der Waals surface area contributed by atoms with Gasteiger partial charge in [-0.1, -0.05) is 0 Å². The topological polar surface area (TPSA) is 44.8 Å². The average Bonchev–Trinajstić information content (AvgIpc) is 2.27. The summed E-state index contributed by atoms with van der Waals surface area (Å²) >= 11 is 5.38. The highest BCUT2D eigenvalue weighted by Gasteiger charge is 2.26. The zero-order chi connectivity index (χ0) is 8.86. The molecule has 1 heterocycles. The van der Waals surface area contributed by atoms with Gasteiger partial charge in [0.25, 0.3) is 0 Å². The molecule has 1 atom stereocenters. The van der Waals surface area contributed by atoms with E-state index >= 15 is 0 Å². The third-order valence-corrected chi connectivity index (χ3v) is 3.14. The monoisotopic (exact) mass is 214 g/mol. The van der Waals surface area contributed by atoms with E-state index < -0.39 is 7.60 Å². The molecule has 1 aliphatic rings. The van der Waals surface area contributed by atoms with E-state index in [4.69, 9.17) is 25.4 Å². The van der Waals surface area contributed by atoms with Crippen LogP contribution in [0.1, 0.15) is 6.42 Å². The number of alkyl halides is 1. The fraction of sp³-hybridized carbons (Fsp3) is 1.00. The van der Waals surface area contributed by atoms with Crippen LogP contribution in [0.15, 0.2) is 0 Å². The zero-order valence-corrected chi connectivity index (χ0v) is 8.35. The van der Waals surface area contributed by atoms with Crippen molar-refractivity contribution in [3.05, 3.63) is 0 Å². The van der Waals surface area contributed by atoms with Gasteiger partial charge in [0, 0.05) is 12.5 Å². The molecule has 1 fully saturated rings. The Hall–Kier alpha value is 0.400. The molecule has 1 saturated heterocycles. The standard InChI is InChI=1S/C6H12ClO4P/c7-2-5-11-12(8)6-9-3-1-4-10-12/h1-6H2. The molecule has 12 heavy (non-hydrogen) atoms. The second-order valence-corrected chi connectivity index (χ2v) is 4.73. The Morgan fingerprint density at radius 2 is 2.33 bits per heavy atom. The van der Waals surface area contributed by atoms with Crippen molar-refractivity contribution in [3.8, 4) is 0 Å². The summed E-state index contributed by atoms with van der Waals surface area (Å²) in [6.07, 6.45) is 0.804. The number of hydrogen-bond donors (Lipinski definition) is 0. The predicted octanol–water partition coefficient (Wildman–Crippen LogP) is 1.83. The summed E-state index contributed by atoms with van der Waals surface area (Å²) in [7, 11) is -2.98. The Bertz CT molecular complexity index is 163. The maximum absolute atomic E-state index is 11.6. The Balaban J connectivity index is 2.38. The quantitative estimate of drug-likeness (QED) is 0.531. The number of halogens is 1. The molecule has 0 saturated carbocycles. The molecule has 0 bridgehead atoms. The fourth-order valence-corrected chi connectivity index (χ4v) is 2.36. The Labute approximate surface area is 76.7 Å². The molecule has 0 spiro atoms. The molecule has 4 nitrogen and oxygen atoms in total. The number of ether oxygens (including phenoxy) is 1. The van der Waals surface area contributed by atoms with Crippen LogP contribution in [0.3, 0.4) is 0 Å². The minimum absolute atomic E-state index is 0.0455. The molecule has 0 aromatic rings. The molecule has 0 aromatic carbocycles. The van der Waals surface area contributed by atoms with Crippen LogP contribution in [-0.4, -0.2) is 32.0 Å². The first-order valence-electron chi connectivity index (χ1n) is 3.79. The second kappa shape index (κ2) is 5.20. The van der Waals surface area contributed by atoms with Gasteiger partial charge >= 0.3 is 7.60 Å². The Kier molecular flexibility index (Phi) is 4.54. The van der Waals surface area contributed by atoms with E-state index in [1.54, 1.807) is 0 Å². The number of rotatable bonds is 3. The summed E-state index contributed by atoms with van der Waals surface area (Å²) in [6, 6.07) is 0. The molecule has 0 amide bonds. The van der Waals surface area contributed by atoms with E-state index in [1.807, 2.05) is 0 Å². The zero-order valence-electron chi connectivity index (χ0n) is 6.70. The third kappa shape index (κ3) is 3.42. The van der Waals surface area contributed by atoms with E-state index in [0.717, 1.165) is 6.42 Å². The SMILES string of the molecule is O=P1(OCCCl)COCCCO1. The molecule has 1 rings (SSSR count). The van der Waals surface area contributed by atoms with E-state index in [-0.39, 0.29) is 13.0 Å². The largest absolute Gasteiger partial charge is 0.369 e. The summed E-state index contributed by atoms with van der Waals surface area (Å²) in [5.74, 6) is 0.313. The van der Waals surface area contributed by atoms with Crippen LogP contribution in [0.5, 0.6) is 0 Å². The first kappa shape index (κ1) is 10.5. The molecule has 6 heteroatoms. The summed E-state index contributed by atoms with van der Waals surface area (Å²) in [6.45, 7) is 1.25. The summed E-state index contributed by atoms with van der Waals surface area (Å²) in [4.78, 5) is 0. The van der Waals surface area contributed by atoms with Crippen molar-refractivity contribution < 1.29 is 18.3 Å². The lowest BCUT2D eigenvalue weighted by atomic mass is 10.5. The normalized spacial score (nSPS) is 31.4. The molecule has 1 unspecified atom stereocenters. The molecule has 0 N–H and O–H groups in total. The average molecular weight is 215 g/mol. The summed E-state index contributed by atoms with van der Waals surface area (Å²) in [5, 5.41) is 0. The fourth-order valence-electron chi connectivity index (χ4n) is 0.826. The highest BCUT2D eigenvalue weighted by atomic mass is 35.5. The highest BCUT2D eigenvalue weighted by molar-refractivity contribution is 7.53. The van der Waals surface area contributed by atoms with Crippen LogP contribution in [0.25, 0.3) is 0 Å². The van der Waals surface area contributed by atoms with Gasteiger partial charge in [0.05, 0.1) is 13.2 Å². The van der Waals surface area contributed by atoms with Crippen molar-refractivity contribution in [3.63, 3.8) is 0 Å². The third-order valence-electron chi connectivity index (χ3n) is 1.34. The van der Waals surface area contributed by atoms with Crippen LogP contribution in [0.2, 0.25) is 0 Å². The van der Waals surface area contributed by atoms with Crippen molar-refractivity contribution in [1.82, 2.24) is 0 Å². The van der Waals surface area contributed by atoms with Crippen LogP contribution < -0.4 is 0 Å². The van der Waals surface area contributed by atoms with Gasteiger partial charge in [-0.2, -0.15) is 0 Å². The Morgan fingerprint density at radius 3 is 3.08 bits per heavy atom. The van der Waals surface area contributed by atoms with Crippen molar-refractivity contribution in [2.75, 3.05) is 32.0 Å². The molecule has 0 aromatic heterocycles. The van der Waals surface area contributed by atoms with Crippen molar-refractivity contribution in [1.29, 1.82) is 0 Å². The second-order valence-electron chi connectivity index (χ2n) is 2.36. The highest BCUT2D eigenvalue weighted by Crippen LogP contribution is 2.49. The van der Waals surface area contributed by atoms with Crippen molar-refractivity contribution in [2.45, 2.75) is 6.42 Å². The Morgan fingerprint density at radius 1 is 1.50 bits per heavy atom. The number of hydrogen-bond acceptors (Lipinski definition) is 4. The van der Waals surface area contributed by atoms with Gasteiger partial charge in [0.2, 0.25) is 0 Å². The van der Waals surface area contributed by atoms with E-state index in [2.05, 4.69) is 0 Å². The first-order chi connectivity index (χ1) is 5.77. The maximum Gasteiger partial charge on any atom is 0.356 e. The van der Waals surface area contributed by atoms with Gasteiger partial charge in [-0.15, -0.1) is 11.6 Å². The minimum Gasteiger partial charge on any atom is -0.369 e. The van der Waals surface area contributed by atoms with Crippen molar-refractivity contribution in [2.24, 2.45) is 0 Å². The van der Waals surface area contributed by atoms with Gasteiger partial charge in [-0.05, 0) is 6.42 Å². The van der Waals surface area contributed by atoms with Gasteiger partial charge in [0.15, 0.2) is 0 Å². The van der Waals surface area contributed by atoms with Gasteiger partial charge in [-0.3, -0.25) is 4.57 Å².